The van der Waals surface area contributed by atoms with E-state index in [2.05, 4.69) is 21.9 Å². The standard InChI is InChI=1S/C27H28ClFN2O3/c28-23-3-1-2-4-25(23)34-24(21-6-8-22(29)9-7-21)11-12-30-13-15-31(16-14-30)18-20-5-10-26-27(17-20)33-19-32-26/h1-10,17,24H,11-16,18-19H2. The van der Waals surface area contributed by atoms with E-state index in [-0.39, 0.29) is 11.9 Å². The van der Waals surface area contributed by atoms with Crippen LogP contribution in [0.5, 0.6) is 17.2 Å². The fourth-order valence-corrected chi connectivity index (χ4v) is 4.61. The number of ether oxygens (including phenoxy) is 3. The molecule has 1 unspecified atom stereocenters. The normalized spacial score (nSPS) is 17.0. The van der Waals surface area contributed by atoms with Crippen LogP contribution >= 0.6 is 11.6 Å². The zero-order chi connectivity index (χ0) is 23.3. The summed E-state index contributed by atoms with van der Waals surface area (Å²) >= 11 is 6.33. The summed E-state index contributed by atoms with van der Waals surface area (Å²) in [7, 11) is 0. The van der Waals surface area contributed by atoms with Gasteiger partial charge in [-0.05, 0) is 47.5 Å². The van der Waals surface area contributed by atoms with Crippen LogP contribution in [0.25, 0.3) is 0 Å². The molecule has 0 spiro atoms. The van der Waals surface area contributed by atoms with Gasteiger partial charge in [0.2, 0.25) is 6.79 Å². The lowest BCUT2D eigenvalue weighted by molar-refractivity contribution is 0.107. The van der Waals surface area contributed by atoms with Crippen LogP contribution in [-0.2, 0) is 6.54 Å². The number of para-hydroxylation sites is 1. The zero-order valence-corrected chi connectivity index (χ0v) is 19.7. The van der Waals surface area contributed by atoms with Crippen molar-refractivity contribution in [1.29, 1.82) is 0 Å². The Hall–Kier alpha value is -2.80. The zero-order valence-electron chi connectivity index (χ0n) is 19.0. The molecule has 1 fully saturated rings. The van der Waals surface area contributed by atoms with Crippen molar-refractivity contribution in [3.8, 4) is 17.2 Å². The van der Waals surface area contributed by atoms with E-state index in [1.807, 2.05) is 30.3 Å². The van der Waals surface area contributed by atoms with Crippen molar-refractivity contribution in [2.24, 2.45) is 0 Å². The van der Waals surface area contributed by atoms with Crippen molar-refractivity contribution in [3.05, 3.63) is 88.7 Å². The van der Waals surface area contributed by atoms with Gasteiger partial charge in [-0.1, -0.05) is 41.9 Å². The molecule has 0 aliphatic carbocycles. The van der Waals surface area contributed by atoms with Gasteiger partial charge in [-0.15, -0.1) is 0 Å². The van der Waals surface area contributed by atoms with Gasteiger partial charge in [0, 0.05) is 45.7 Å². The van der Waals surface area contributed by atoms with E-state index in [0.29, 0.717) is 17.6 Å². The molecule has 0 amide bonds. The van der Waals surface area contributed by atoms with Crippen LogP contribution in [0.15, 0.2) is 66.7 Å². The summed E-state index contributed by atoms with van der Waals surface area (Å²) in [5.74, 6) is 2.05. The second kappa shape index (κ2) is 10.6. The molecule has 34 heavy (non-hydrogen) atoms. The Balaban J connectivity index is 1.16. The van der Waals surface area contributed by atoms with Gasteiger partial charge in [-0.25, -0.2) is 4.39 Å². The summed E-state index contributed by atoms with van der Waals surface area (Å²) in [6, 6.07) is 20.2. The molecule has 0 saturated carbocycles. The third kappa shape index (κ3) is 5.63. The van der Waals surface area contributed by atoms with E-state index < -0.39 is 0 Å². The van der Waals surface area contributed by atoms with Gasteiger partial charge >= 0.3 is 0 Å². The van der Waals surface area contributed by atoms with E-state index in [9.17, 15) is 4.39 Å². The van der Waals surface area contributed by atoms with E-state index in [4.69, 9.17) is 25.8 Å². The summed E-state index contributed by atoms with van der Waals surface area (Å²) < 4.78 is 30.7. The smallest absolute Gasteiger partial charge is 0.231 e. The Kier molecular flexibility index (Phi) is 7.19. The number of nitrogens with zero attached hydrogens (tertiary/aromatic N) is 2. The first kappa shape index (κ1) is 23.0. The minimum absolute atomic E-state index is 0.202. The molecule has 3 aromatic rings. The van der Waals surface area contributed by atoms with Gasteiger partial charge in [0.15, 0.2) is 11.5 Å². The molecule has 0 radical (unpaired) electrons. The maximum absolute atomic E-state index is 13.5. The van der Waals surface area contributed by atoms with Crippen LogP contribution in [0.4, 0.5) is 4.39 Å². The third-order valence-corrected chi connectivity index (χ3v) is 6.68. The minimum Gasteiger partial charge on any atom is -0.484 e. The second-order valence-electron chi connectivity index (χ2n) is 8.68. The maximum Gasteiger partial charge on any atom is 0.231 e. The van der Waals surface area contributed by atoms with Crippen LogP contribution in [0.2, 0.25) is 5.02 Å². The maximum atomic E-state index is 13.5. The summed E-state index contributed by atoms with van der Waals surface area (Å²) in [6.45, 7) is 6.08. The molecular weight excluding hydrogens is 455 g/mol. The minimum atomic E-state index is -0.251. The molecule has 2 heterocycles. The topological polar surface area (TPSA) is 34.2 Å². The average molecular weight is 483 g/mol. The molecule has 1 atom stereocenters. The van der Waals surface area contributed by atoms with Gasteiger partial charge in [0.1, 0.15) is 17.7 Å². The molecular formula is C27H28ClFN2O3. The Labute approximate surface area is 204 Å². The lowest BCUT2D eigenvalue weighted by Crippen LogP contribution is -2.46. The highest BCUT2D eigenvalue weighted by atomic mass is 35.5. The molecule has 0 bridgehead atoms. The predicted molar refractivity (Wildman–Crippen MR) is 130 cm³/mol. The molecule has 5 rings (SSSR count). The Bertz CT molecular complexity index is 1100. The van der Waals surface area contributed by atoms with E-state index in [0.717, 1.165) is 62.8 Å². The van der Waals surface area contributed by atoms with Gasteiger partial charge in [0.05, 0.1) is 5.02 Å². The highest BCUT2D eigenvalue weighted by molar-refractivity contribution is 6.32. The third-order valence-electron chi connectivity index (χ3n) is 6.36. The van der Waals surface area contributed by atoms with E-state index >= 15 is 0 Å². The number of benzene rings is 3. The number of hydrogen-bond donors (Lipinski definition) is 0. The first-order valence-electron chi connectivity index (χ1n) is 11.6. The van der Waals surface area contributed by atoms with Crippen LogP contribution in [0, 0.1) is 5.82 Å². The van der Waals surface area contributed by atoms with Crippen molar-refractivity contribution in [3.63, 3.8) is 0 Å². The van der Waals surface area contributed by atoms with Gasteiger partial charge in [-0.3, -0.25) is 4.90 Å². The van der Waals surface area contributed by atoms with Crippen LogP contribution in [-0.4, -0.2) is 49.3 Å². The number of halogens is 2. The fraction of sp³-hybridized carbons (Fsp3) is 0.333. The number of hydrogen-bond acceptors (Lipinski definition) is 5. The lowest BCUT2D eigenvalue weighted by atomic mass is 10.1. The van der Waals surface area contributed by atoms with Crippen LogP contribution in [0.3, 0.4) is 0 Å². The monoisotopic (exact) mass is 482 g/mol. The molecule has 2 aliphatic heterocycles. The van der Waals surface area contributed by atoms with Crippen LogP contribution in [0.1, 0.15) is 23.7 Å². The molecule has 7 heteroatoms. The molecule has 2 aliphatic rings. The summed E-state index contributed by atoms with van der Waals surface area (Å²) in [4.78, 5) is 4.92. The van der Waals surface area contributed by atoms with E-state index in [1.54, 1.807) is 12.1 Å². The summed E-state index contributed by atoms with van der Waals surface area (Å²) in [6.07, 6.45) is 0.589. The van der Waals surface area contributed by atoms with Crippen molar-refractivity contribution in [2.45, 2.75) is 19.1 Å². The number of fused-ring (bicyclic) bond motifs is 1. The largest absolute Gasteiger partial charge is 0.484 e. The van der Waals surface area contributed by atoms with Crippen molar-refractivity contribution >= 4 is 11.6 Å². The van der Waals surface area contributed by atoms with Crippen molar-refractivity contribution in [2.75, 3.05) is 39.5 Å². The lowest BCUT2D eigenvalue weighted by Gasteiger charge is -2.35. The molecule has 5 nitrogen and oxygen atoms in total. The highest BCUT2D eigenvalue weighted by Crippen LogP contribution is 2.33. The Morgan fingerprint density at radius 3 is 2.41 bits per heavy atom. The Morgan fingerprint density at radius 1 is 0.882 bits per heavy atom. The van der Waals surface area contributed by atoms with Crippen LogP contribution < -0.4 is 14.2 Å². The predicted octanol–water partition coefficient (Wildman–Crippen LogP) is 5.54. The van der Waals surface area contributed by atoms with E-state index in [1.165, 1.54) is 17.7 Å². The van der Waals surface area contributed by atoms with Gasteiger partial charge in [-0.2, -0.15) is 0 Å². The van der Waals surface area contributed by atoms with Crippen molar-refractivity contribution in [1.82, 2.24) is 9.80 Å². The number of piperazine rings is 1. The molecule has 3 aromatic carbocycles. The molecule has 1 saturated heterocycles. The summed E-state index contributed by atoms with van der Waals surface area (Å²) in [5, 5.41) is 0.576. The second-order valence-corrected chi connectivity index (χ2v) is 9.09. The Morgan fingerprint density at radius 2 is 1.62 bits per heavy atom. The fourth-order valence-electron chi connectivity index (χ4n) is 4.43. The number of rotatable bonds is 8. The van der Waals surface area contributed by atoms with Crippen molar-refractivity contribution < 1.29 is 18.6 Å². The molecule has 178 valence electrons. The quantitative estimate of drug-likeness (QED) is 0.421. The highest BCUT2D eigenvalue weighted by Gasteiger charge is 2.21. The summed E-state index contributed by atoms with van der Waals surface area (Å²) in [5.41, 5.74) is 2.19. The first-order chi connectivity index (χ1) is 16.6. The van der Waals surface area contributed by atoms with Gasteiger partial charge in [0.25, 0.3) is 0 Å². The first-order valence-corrected chi connectivity index (χ1v) is 12.0. The van der Waals surface area contributed by atoms with Gasteiger partial charge < -0.3 is 19.1 Å². The molecule has 0 aromatic heterocycles. The molecule has 0 N–H and O–H groups in total. The average Bonchev–Trinajstić information content (AvgIpc) is 3.32. The SMILES string of the molecule is Fc1ccc(C(CCN2CCN(Cc3ccc4c(c3)OCO4)CC2)Oc2ccccc2Cl)cc1.